The van der Waals surface area contributed by atoms with Crippen LogP contribution in [0.2, 0.25) is 0 Å². The minimum atomic E-state index is -0.224. The summed E-state index contributed by atoms with van der Waals surface area (Å²) >= 11 is 0. The second kappa shape index (κ2) is 6.41. The van der Waals surface area contributed by atoms with E-state index in [4.69, 9.17) is 10.5 Å². The molecule has 2 aromatic carbocycles. The molecule has 22 heavy (non-hydrogen) atoms. The van der Waals surface area contributed by atoms with Gasteiger partial charge in [-0.2, -0.15) is 5.10 Å². The third-order valence-corrected chi connectivity index (χ3v) is 3.50. The molecule has 0 unspecified atom stereocenters. The van der Waals surface area contributed by atoms with Gasteiger partial charge in [0.15, 0.2) is 5.82 Å². The Labute approximate surface area is 129 Å². The fourth-order valence-electron chi connectivity index (χ4n) is 2.35. The Kier molecular flexibility index (Phi) is 4.16. The molecule has 3 N–H and O–H groups in total. The summed E-state index contributed by atoms with van der Waals surface area (Å²) in [6.45, 7) is 0. The van der Waals surface area contributed by atoms with Gasteiger partial charge in [0.1, 0.15) is 11.6 Å². The molecule has 5 nitrogen and oxygen atoms in total. The first-order chi connectivity index (χ1) is 10.8. The minimum Gasteiger partial charge on any atom is -0.496 e. The summed E-state index contributed by atoms with van der Waals surface area (Å²) < 4.78 is 5.34. The van der Waals surface area contributed by atoms with E-state index >= 15 is 0 Å². The van der Waals surface area contributed by atoms with Crippen molar-refractivity contribution in [3.05, 3.63) is 66.0 Å². The van der Waals surface area contributed by atoms with E-state index in [1.807, 2.05) is 42.5 Å². The molecule has 0 aliphatic heterocycles. The number of nitrogens with zero attached hydrogens (tertiary/aromatic N) is 2. The highest BCUT2D eigenvalue weighted by Gasteiger charge is 2.15. The highest BCUT2D eigenvalue weighted by molar-refractivity contribution is 5.63. The van der Waals surface area contributed by atoms with Crippen LogP contribution >= 0.6 is 0 Å². The number of para-hydroxylation sites is 1. The van der Waals surface area contributed by atoms with E-state index in [2.05, 4.69) is 27.3 Å². The predicted molar refractivity (Wildman–Crippen MR) is 85.4 cm³/mol. The number of hydrogen-bond acceptors (Lipinski definition) is 4. The van der Waals surface area contributed by atoms with Crippen molar-refractivity contribution in [3.8, 4) is 17.1 Å². The van der Waals surface area contributed by atoms with Crippen LogP contribution in [0.15, 0.2) is 54.6 Å². The Morgan fingerprint density at radius 1 is 1.09 bits per heavy atom. The van der Waals surface area contributed by atoms with E-state index in [0.717, 1.165) is 11.3 Å². The van der Waals surface area contributed by atoms with Crippen LogP contribution in [0.4, 0.5) is 0 Å². The van der Waals surface area contributed by atoms with Gasteiger partial charge in [-0.25, -0.2) is 4.98 Å². The molecule has 3 rings (SSSR count). The third kappa shape index (κ3) is 2.99. The largest absolute Gasteiger partial charge is 0.496 e. The van der Waals surface area contributed by atoms with Crippen LogP contribution in [0.25, 0.3) is 11.4 Å². The maximum atomic E-state index is 6.22. The molecule has 0 bridgehead atoms. The van der Waals surface area contributed by atoms with Crippen LogP contribution < -0.4 is 10.5 Å². The normalized spacial score (nSPS) is 12.1. The number of methoxy groups -OCH3 is 1. The predicted octanol–water partition coefficient (Wildman–Crippen LogP) is 2.72. The van der Waals surface area contributed by atoms with Crippen molar-refractivity contribution in [2.24, 2.45) is 5.73 Å². The molecule has 1 heterocycles. The number of nitrogens with two attached hydrogens (primary N) is 1. The van der Waals surface area contributed by atoms with Crippen LogP contribution in [0.5, 0.6) is 5.75 Å². The number of rotatable bonds is 5. The topological polar surface area (TPSA) is 76.8 Å². The molecular weight excluding hydrogens is 276 g/mol. The Morgan fingerprint density at radius 2 is 1.82 bits per heavy atom. The number of benzene rings is 2. The zero-order chi connectivity index (χ0) is 15.4. The maximum Gasteiger partial charge on any atom is 0.184 e. The van der Waals surface area contributed by atoms with Crippen molar-refractivity contribution in [1.82, 2.24) is 15.2 Å². The number of aromatic amines is 1. The van der Waals surface area contributed by atoms with E-state index < -0.39 is 0 Å². The van der Waals surface area contributed by atoms with Gasteiger partial charge < -0.3 is 10.5 Å². The standard InChI is InChI=1S/C17H18N4O/c1-22-15-10-6-5-9-13(15)16-19-17(21-20-16)14(18)11-12-7-3-2-4-8-12/h2-10,14H,11,18H2,1H3,(H,19,20,21)/t14-/m0/s1. The Bertz CT molecular complexity index is 739. The van der Waals surface area contributed by atoms with E-state index in [9.17, 15) is 0 Å². The number of H-pyrrole nitrogens is 1. The van der Waals surface area contributed by atoms with E-state index in [1.165, 1.54) is 5.56 Å². The fourth-order valence-corrected chi connectivity index (χ4v) is 2.35. The number of hydrogen-bond donors (Lipinski definition) is 2. The van der Waals surface area contributed by atoms with Crippen molar-refractivity contribution >= 4 is 0 Å². The molecule has 1 aromatic heterocycles. The average Bonchev–Trinajstić information content (AvgIpc) is 3.05. The Hall–Kier alpha value is -2.66. The lowest BCUT2D eigenvalue weighted by Gasteiger charge is -2.08. The summed E-state index contributed by atoms with van der Waals surface area (Å²) in [4.78, 5) is 4.51. The van der Waals surface area contributed by atoms with Crippen molar-refractivity contribution in [1.29, 1.82) is 0 Å². The fraction of sp³-hybridized carbons (Fsp3) is 0.176. The van der Waals surface area contributed by atoms with E-state index in [1.54, 1.807) is 7.11 Å². The molecular formula is C17H18N4O. The lowest BCUT2D eigenvalue weighted by molar-refractivity contribution is 0.416. The zero-order valence-electron chi connectivity index (χ0n) is 12.4. The quantitative estimate of drug-likeness (QED) is 0.758. The lowest BCUT2D eigenvalue weighted by atomic mass is 10.1. The molecule has 1 atom stereocenters. The summed E-state index contributed by atoms with van der Waals surface area (Å²) in [6, 6.07) is 17.5. The van der Waals surface area contributed by atoms with Crippen molar-refractivity contribution < 1.29 is 4.74 Å². The molecule has 5 heteroatoms. The first-order valence-corrected chi connectivity index (χ1v) is 7.13. The minimum absolute atomic E-state index is 0.224. The van der Waals surface area contributed by atoms with E-state index in [0.29, 0.717) is 18.1 Å². The van der Waals surface area contributed by atoms with Crippen LogP contribution in [0.3, 0.4) is 0 Å². The molecule has 0 fully saturated rings. The van der Waals surface area contributed by atoms with Gasteiger partial charge in [-0.05, 0) is 24.1 Å². The number of ether oxygens (including phenoxy) is 1. The van der Waals surface area contributed by atoms with Gasteiger partial charge in [-0.1, -0.05) is 42.5 Å². The van der Waals surface area contributed by atoms with Gasteiger partial charge in [0, 0.05) is 0 Å². The summed E-state index contributed by atoms with van der Waals surface area (Å²) in [6.07, 6.45) is 0.710. The Morgan fingerprint density at radius 3 is 2.59 bits per heavy atom. The monoisotopic (exact) mass is 294 g/mol. The van der Waals surface area contributed by atoms with Gasteiger partial charge in [0.25, 0.3) is 0 Å². The molecule has 0 amide bonds. The van der Waals surface area contributed by atoms with Gasteiger partial charge >= 0.3 is 0 Å². The average molecular weight is 294 g/mol. The summed E-state index contributed by atoms with van der Waals surface area (Å²) in [7, 11) is 1.63. The molecule has 0 spiro atoms. The van der Waals surface area contributed by atoms with Crippen molar-refractivity contribution in [3.63, 3.8) is 0 Å². The summed E-state index contributed by atoms with van der Waals surface area (Å²) in [5.41, 5.74) is 8.24. The SMILES string of the molecule is COc1ccccc1-c1n[nH]c([C@@H](N)Cc2ccccc2)n1. The number of nitrogens with one attached hydrogen (secondary N) is 1. The molecule has 0 saturated carbocycles. The van der Waals surface area contributed by atoms with E-state index in [-0.39, 0.29) is 6.04 Å². The van der Waals surface area contributed by atoms with Gasteiger partial charge in [0.2, 0.25) is 0 Å². The molecule has 0 saturated heterocycles. The van der Waals surface area contributed by atoms with Crippen LogP contribution in [-0.4, -0.2) is 22.3 Å². The van der Waals surface area contributed by atoms with Gasteiger partial charge in [-0.3, -0.25) is 5.10 Å². The first-order valence-electron chi connectivity index (χ1n) is 7.13. The summed E-state index contributed by atoms with van der Waals surface area (Å²) in [5.74, 6) is 2.01. The van der Waals surface area contributed by atoms with Gasteiger partial charge in [-0.15, -0.1) is 0 Å². The van der Waals surface area contributed by atoms with Crippen molar-refractivity contribution in [2.75, 3.05) is 7.11 Å². The lowest BCUT2D eigenvalue weighted by Crippen LogP contribution is -2.15. The third-order valence-electron chi connectivity index (χ3n) is 3.50. The zero-order valence-corrected chi connectivity index (χ0v) is 12.4. The molecule has 3 aromatic rings. The van der Waals surface area contributed by atoms with Crippen molar-refractivity contribution in [2.45, 2.75) is 12.5 Å². The highest BCUT2D eigenvalue weighted by Crippen LogP contribution is 2.27. The Balaban J connectivity index is 1.81. The number of aromatic nitrogens is 3. The molecule has 0 radical (unpaired) electrons. The first kappa shape index (κ1) is 14.3. The summed E-state index contributed by atoms with van der Waals surface area (Å²) in [5, 5.41) is 7.20. The second-order valence-corrected chi connectivity index (χ2v) is 5.04. The molecule has 0 aliphatic carbocycles. The highest BCUT2D eigenvalue weighted by atomic mass is 16.5. The molecule has 112 valence electrons. The van der Waals surface area contributed by atoms with Crippen LogP contribution in [0.1, 0.15) is 17.4 Å². The van der Waals surface area contributed by atoms with Crippen LogP contribution in [-0.2, 0) is 6.42 Å². The smallest absolute Gasteiger partial charge is 0.184 e. The van der Waals surface area contributed by atoms with Crippen LogP contribution in [0, 0.1) is 0 Å². The molecule has 0 aliphatic rings. The van der Waals surface area contributed by atoms with Gasteiger partial charge in [0.05, 0.1) is 18.7 Å². The maximum absolute atomic E-state index is 6.22. The second-order valence-electron chi connectivity index (χ2n) is 5.04.